The molecule has 3 N–H and O–H groups in total. The highest BCUT2D eigenvalue weighted by Crippen LogP contribution is 2.24. The molecule has 0 aromatic heterocycles. The van der Waals surface area contributed by atoms with E-state index in [1.165, 1.54) is 12.1 Å². The molecule has 1 unspecified atom stereocenters. The van der Waals surface area contributed by atoms with Gasteiger partial charge in [0.2, 0.25) is 11.8 Å². The highest BCUT2D eigenvalue weighted by Gasteiger charge is 2.35. The number of hydrogen-bond acceptors (Lipinski definition) is 3. The van der Waals surface area contributed by atoms with Crippen LogP contribution in [0.25, 0.3) is 0 Å². The minimum Gasteiger partial charge on any atom is -0.354 e. The zero-order chi connectivity index (χ0) is 19.4. The molecule has 0 radical (unpaired) electrons. The zero-order valence-corrected chi connectivity index (χ0v) is 16.5. The average molecular weight is 406 g/mol. The van der Waals surface area contributed by atoms with Gasteiger partial charge in [0.15, 0.2) is 0 Å². The number of hydrogen-bond donors (Lipinski definition) is 2. The van der Waals surface area contributed by atoms with Gasteiger partial charge in [0.05, 0.1) is 6.04 Å². The number of amides is 2. The third kappa shape index (κ3) is 5.09. The summed E-state index contributed by atoms with van der Waals surface area (Å²) in [6, 6.07) is 12.8. The monoisotopic (exact) mass is 405 g/mol. The van der Waals surface area contributed by atoms with Crippen molar-refractivity contribution in [2.24, 2.45) is 5.73 Å². The van der Waals surface area contributed by atoms with Gasteiger partial charge in [-0.3, -0.25) is 9.59 Å². The van der Waals surface area contributed by atoms with Crippen LogP contribution in [0.5, 0.6) is 0 Å². The summed E-state index contributed by atoms with van der Waals surface area (Å²) in [5.41, 5.74) is 8.84. The topological polar surface area (TPSA) is 75.4 Å². The molecule has 0 aliphatic carbocycles. The lowest BCUT2D eigenvalue weighted by Crippen LogP contribution is -2.56. The zero-order valence-electron chi connectivity index (χ0n) is 15.7. The summed E-state index contributed by atoms with van der Waals surface area (Å²) in [7, 11) is 0. The Labute approximate surface area is 170 Å². The summed E-state index contributed by atoms with van der Waals surface area (Å²) in [5.74, 6) is -0.711. The number of fused-ring (bicyclic) bond motifs is 1. The second-order valence-electron chi connectivity index (χ2n) is 6.91. The van der Waals surface area contributed by atoms with Gasteiger partial charge in [-0.15, -0.1) is 12.4 Å². The lowest BCUT2D eigenvalue weighted by atomic mass is 9.93. The molecule has 0 saturated heterocycles. The second kappa shape index (κ2) is 9.66. The van der Waals surface area contributed by atoms with Crippen LogP contribution < -0.4 is 11.1 Å². The Morgan fingerprint density at radius 3 is 2.46 bits per heavy atom. The lowest BCUT2D eigenvalue weighted by molar-refractivity contribution is -0.142. The lowest BCUT2D eigenvalue weighted by Gasteiger charge is -2.37. The fourth-order valence-corrected chi connectivity index (χ4v) is 3.35. The standard InChI is InChI=1S/C21H24FN3O2.ClH/c1-14(23)21(27)25-13-17-5-3-2-4-16(17)12-19(25)20(26)24-11-10-15-6-8-18(22)9-7-15;/h2-9,14,19H,10-13,23H2,1H3,(H,24,26);1H/t14-,19?;/m0./s1. The van der Waals surface area contributed by atoms with Crippen LogP contribution in [0.1, 0.15) is 23.6 Å². The van der Waals surface area contributed by atoms with Gasteiger partial charge in [0.1, 0.15) is 11.9 Å². The highest BCUT2D eigenvalue weighted by molar-refractivity contribution is 5.90. The molecule has 0 bridgehead atoms. The Hall–Kier alpha value is -2.44. The summed E-state index contributed by atoms with van der Waals surface area (Å²) in [6.07, 6.45) is 1.06. The third-order valence-electron chi connectivity index (χ3n) is 4.85. The summed E-state index contributed by atoms with van der Waals surface area (Å²) in [5, 5.41) is 2.90. The van der Waals surface area contributed by atoms with Crippen LogP contribution in [0, 0.1) is 5.82 Å². The molecule has 2 aromatic carbocycles. The minimum atomic E-state index is -0.662. The number of rotatable bonds is 5. The summed E-state index contributed by atoms with van der Waals surface area (Å²) >= 11 is 0. The normalized spacial score (nSPS) is 16.5. The molecular weight excluding hydrogens is 381 g/mol. The first kappa shape index (κ1) is 21.9. The molecule has 2 aromatic rings. The fourth-order valence-electron chi connectivity index (χ4n) is 3.35. The molecule has 150 valence electrons. The van der Waals surface area contributed by atoms with Crippen molar-refractivity contribution < 1.29 is 14.0 Å². The molecule has 0 saturated carbocycles. The Kier molecular flexibility index (Phi) is 7.54. The molecule has 7 heteroatoms. The van der Waals surface area contributed by atoms with Crippen molar-refractivity contribution in [1.29, 1.82) is 0 Å². The Morgan fingerprint density at radius 1 is 1.18 bits per heavy atom. The van der Waals surface area contributed by atoms with Gasteiger partial charge >= 0.3 is 0 Å². The smallest absolute Gasteiger partial charge is 0.243 e. The molecule has 2 amide bonds. The SMILES string of the molecule is C[C@H](N)C(=O)N1Cc2ccccc2CC1C(=O)NCCc1ccc(F)cc1.Cl. The maximum Gasteiger partial charge on any atom is 0.243 e. The first-order chi connectivity index (χ1) is 13.0. The summed E-state index contributed by atoms with van der Waals surface area (Å²) in [4.78, 5) is 26.9. The van der Waals surface area contributed by atoms with Crippen molar-refractivity contribution in [3.05, 3.63) is 71.0 Å². The number of halogens is 2. The van der Waals surface area contributed by atoms with E-state index in [4.69, 9.17) is 5.73 Å². The molecular formula is C21H25ClFN3O2. The van der Waals surface area contributed by atoms with Gasteiger partial charge < -0.3 is 16.0 Å². The predicted octanol–water partition coefficient (Wildman–Crippen LogP) is 2.21. The Balaban J connectivity index is 0.00000280. The van der Waals surface area contributed by atoms with Crippen molar-refractivity contribution >= 4 is 24.2 Å². The van der Waals surface area contributed by atoms with Crippen LogP contribution in [0.15, 0.2) is 48.5 Å². The van der Waals surface area contributed by atoms with Crippen LogP contribution in [0.4, 0.5) is 4.39 Å². The molecule has 1 heterocycles. The van der Waals surface area contributed by atoms with E-state index in [2.05, 4.69) is 5.32 Å². The van der Waals surface area contributed by atoms with E-state index in [-0.39, 0.29) is 30.0 Å². The molecule has 0 spiro atoms. The minimum absolute atomic E-state index is 0. The first-order valence-corrected chi connectivity index (χ1v) is 9.10. The van der Waals surface area contributed by atoms with Crippen molar-refractivity contribution in [3.63, 3.8) is 0 Å². The van der Waals surface area contributed by atoms with Gasteiger partial charge in [0, 0.05) is 19.5 Å². The van der Waals surface area contributed by atoms with Gasteiger partial charge in [-0.05, 0) is 42.2 Å². The van der Waals surface area contributed by atoms with Crippen LogP contribution in [0.3, 0.4) is 0 Å². The van der Waals surface area contributed by atoms with E-state index in [0.29, 0.717) is 25.9 Å². The van der Waals surface area contributed by atoms with Crippen molar-refractivity contribution in [1.82, 2.24) is 10.2 Å². The van der Waals surface area contributed by atoms with Gasteiger partial charge in [-0.1, -0.05) is 36.4 Å². The van der Waals surface area contributed by atoms with E-state index in [9.17, 15) is 14.0 Å². The quantitative estimate of drug-likeness (QED) is 0.800. The van der Waals surface area contributed by atoms with E-state index in [1.807, 2.05) is 24.3 Å². The van der Waals surface area contributed by atoms with Crippen LogP contribution in [-0.2, 0) is 29.0 Å². The van der Waals surface area contributed by atoms with Crippen molar-refractivity contribution in [3.8, 4) is 0 Å². The summed E-state index contributed by atoms with van der Waals surface area (Å²) < 4.78 is 13.0. The molecule has 28 heavy (non-hydrogen) atoms. The fraction of sp³-hybridized carbons (Fsp3) is 0.333. The third-order valence-corrected chi connectivity index (χ3v) is 4.85. The molecule has 0 fully saturated rings. The van der Waals surface area contributed by atoms with Gasteiger partial charge in [-0.2, -0.15) is 0 Å². The van der Waals surface area contributed by atoms with Crippen LogP contribution >= 0.6 is 12.4 Å². The van der Waals surface area contributed by atoms with E-state index in [0.717, 1.165) is 16.7 Å². The first-order valence-electron chi connectivity index (χ1n) is 9.10. The van der Waals surface area contributed by atoms with Crippen molar-refractivity contribution in [2.75, 3.05) is 6.54 Å². The number of benzene rings is 2. The maximum absolute atomic E-state index is 13.0. The Bertz CT molecular complexity index is 827. The number of nitrogens with two attached hydrogens (primary N) is 1. The molecule has 1 aliphatic heterocycles. The summed E-state index contributed by atoms with van der Waals surface area (Å²) in [6.45, 7) is 2.43. The average Bonchev–Trinajstić information content (AvgIpc) is 2.67. The predicted molar refractivity (Wildman–Crippen MR) is 108 cm³/mol. The van der Waals surface area contributed by atoms with E-state index < -0.39 is 12.1 Å². The Morgan fingerprint density at radius 2 is 1.82 bits per heavy atom. The van der Waals surface area contributed by atoms with Gasteiger partial charge in [0.25, 0.3) is 0 Å². The number of nitrogens with one attached hydrogen (secondary N) is 1. The van der Waals surface area contributed by atoms with E-state index in [1.54, 1.807) is 24.0 Å². The molecule has 3 rings (SSSR count). The number of nitrogens with zero attached hydrogens (tertiary/aromatic N) is 1. The van der Waals surface area contributed by atoms with E-state index >= 15 is 0 Å². The molecule has 5 nitrogen and oxygen atoms in total. The largest absolute Gasteiger partial charge is 0.354 e. The van der Waals surface area contributed by atoms with Gasteiger partial charge in [-0.25, -0.2) is 4.39 Å². The molecule has 2 atom stereocenters. The number of carbonyl (C=O) groups excluding carboxylic acids is 2. The van der Waals surface area contributed by atoms with Crippen molar-refractivity contribution in [2.45, 2.75) is 38.4 Å². The molecule has 1 aliphatic rings. The highest BCUT2D eigenvalue weighted by atomic mass is 35.5. The second-order valence-corrected chi connectivity index (χ2v) is 6.91. The van der Waals surface area contributed by atoms with Crippen LogP contribution in [0.2, 0.25) is 0 Å². The maximum atomic E-state index is 13.0. The number of carbonyl (C=O) groups is 2. The van der Waals surface area contributed by atoms with Crippen LogP contribution in [-0.4, -0.2) is 35.3 Å².